The molecule has 78 valence electrons. The van der Waals surface area contributed by atoms with Crippen LogP contribution in [0.25, 0.3) is 0 Å². The number of hydrogen-bond acceptors (Lipinski definition) is 4. The molecular weight excluding hydrogens is 182 g/mol. The predicted octanol–water partition coefficient (Wildman–Crippen LogP) is 0.885. The molecule has 0 spiro atoms. The van der Waals surface area contributed by atoms with Crippen LogP contribution in [0.3, 0.4) is 0 Å². The van der Waals surface area contributed by atoms with Gasteiger partial charge in [0.15, 0.2) is 0 Å². The number of hydrogen-bond donors (Lipinski definition) is 0. The summed E-state index contributed by atoms with van der Waals surface area (Å²) in [4.78, 5) is 13.3. The highest BCUT2D eigenvalue weighted by atomic mass is 16.5. The van der Waals surface area contributed by atoms with Gasteiger partial charge in [0.25, 0.3) is 0 Å². The van der Waals surface area contributed by atoms with Crippen LogP contribution in [-0.2, 0) is 14.3 Å². The lowest BCUT2D eigenvalue weighted by Crippen LogP contribution is -2.31. The molecule has 0 radical (unpaired) electrons. The Hall–Kier alpha value is -1.03. The summed E-state index contributed by atoms with van der Waals surface area (Å²) >= 11 is 0. The van der Waals surface area contributed by atoms with Gasteiger partial charge in [-0.05, 0) is 19.8 Å². The molecule has 4 heteroatoms. The fourth-order valence-electron chi connectivity index (χ4n) is 2.06. The zero-order valence-corrected chi connectivity index (χ0v) is 8.58. The third-order valence-electron chi connectivity index (χ3n) is 2.90. The molecule has 0 unspecified atom stereocenters. The molecule has 0 aliphatic carbocycles. The average molecular weight is 197 g/mol. The second kappa shape index (κ2) is 3.61. The maximum absolute atomic E-state index is 11.2. The molecule has 2 aliphatic heterocycles. The highest BCUT2D eigenvalue weighted by molar-refractivity contribution is 5.90. The molecule has 0 N–H and O–H groups in total. The molecule has 0 aromatic carbocycles. The van der Waals surface area contributed by atoms with Crippen LogP contribution in [0.5, 0.6) is 0 Å². The Bertz CT molecular complexity index is 285. The average Bonchev–Trinajstić information content (AvgIpc) is 2.75. The van der Waals surface area contributed by atoms with Gasteiger partial charge in [-0.15, -0.1) is 0 Å². The summed E-state index contributed by atoms with van der Waals surface area (Å²) in [7, 11) is 1.70. The Morgan fingerprint density at radius 2 is 2.36 bits per heavy atom. The van der Waals surface area contributed by atoms with E-state index in [4.69, 9.17) is 9.47 Å². The summed E-state index contributed by atoms with van der Waals surface area (Å²) < 4.78 is 10.3. The second-order valence-corrected chi connectivity index (χ2v) is 3.67. The van der Waals surface area contributed by atoms with Crippen LogP contribution >= 0.6 is 0 Å². The molecule has 2 rings (SSSR count). The van der Waals surface area contributed by atoms with Crippen molar-refractivity contribution in [1.82, 2.24) is 4.90 Å². The third kappa shape index (κ3) is 1.39. The van der Waals surface area contributed by atoms with Crippen molar-refractivity contribution >= 4 is 5.97 Å². The second-order valence-electron chi connectivity index (χ2n) is 3.67. The zero-order valence-electron chi connectivity index (χ0n) is 8.58. The number of methoxy groups -OCH3 is 1. The Morgan fingerprint density at radius 3 is 2.93 bits per heavy atom. The van der Waals surface area contributed by atoms with E-state index in [1.807, 2.05) is 6.92 Å². The molecule has 2 aliphatic rings. The van der Waals surface area contributed by atoms with Crippen molar-refractivity contribution in [2.24, 2.45) is 0 Å². The molecule has 14 heavy (non-hydrogen) atoms. The van der Waals surface area contributed by atoms with Gasteiger partial charge >= 0.3 is 5.97 Å². The zero-order chi connectivity index (χ0) is 10.1. The summed E-state index contributed by atoms with van der Waals surface area (Å²) in [5.74, 6) is -0.193. The molecule has 4 nitrogen and oxygen atoms in total. The van der Waals surface area contributed by atoms with Gasteiger partial charge in [-0.3, -0.25) is 0 Å². The topological polar surface area (TPSA) is 38.8 Å². The minimum Gasteiger partial charge on any atom is -0.456 e. The van der Waals surface area contributed by atoms with Gasteiger partial charge in [0.2, 0.25) is 0 Å². The van der Waals surface area contributed by atoms with E-state index >= 15 is 0 Å². The number of rotatable bonds is 2. The number of ether oxygens (including phenoxy) is 2. The van der Waals surface area contributed by atoms with E-state index in [9.17, 15) is 4.79 Å². The third-order valence-corrected chi connectivity index (χ3v) is 2.90. The molecular formula is C10H15NO3. The number of carbonyl (C=O) groups is 1. The molecule has 0 aromatic heterocycles. The lowest BCUT2D eigenvalue weighted by atomic mass is 10.2. The van der Waals surface area contributed by atoms with Crippen molar-refractivity contribution in [3.63, 3.8) is 0 Å². The van der Waals surface area contributed by atoms with Crippen LogP contribution in [-0.4, -0.2) is 37.4 Å². The van der Waals surface area contributed by atoms with Crippen molar-refractivity contribution in [2.45, 2.75) is 26.0 Å². The van der Waals surface area contributed by atoms with Gasteiger partial charge < -0.3 is 14.4 Å². The molecule has 1 saturated heterocycles. The van der Waals surface area contributed by atoms with E-state index in [0.29, 0.717) is 6.61 Å². The van der Waals surface area contributed by atoms with E-state index in [0.717, 1.165) is 30.7 Å². The molecule has 0 aromatic rings. The molecule has 0 amide bonds. The maximum atomic E-state index is 11.2. The minimum atomic E-state index is -0.193. The Labute approximate surface area is 83.5 Å². The largest absolute Gasteiger partial charge is 0.456 e. The number of nitrogens with zero attached hydrogens (tertiary/aromatic N) is 1. The van der Waals surface area contributed by atoms with E-state index in [1.165, 1.54) is 0 Å². The quantitative estimate of drug-likeness (QED) is 0.616. The van der Waals surface area contributed by atoms with Gasteiger partial charge in [0.05, 0.1) is 11.3 Å². The van der Waals surface area contributed by atoms with Gasteiger partial charge in [-0.25, -0.2) is 4.79 Å². The van der Waals surface area contributed by atoms with Crippen molar-refractivity contribution in [3.05, 3.63) is 11.3 Å². The lowest BCUT2D eigenvalue weighted by Gasteiger charge is -2.25. The fraction of sp³-hybridized carbons (Fsp3) is 0.700. The number of likely N-dealkylation sites (tertiary alicyclic amines) is 1. The van der Waals surface area contributed by atoms with Crippen LogP contribution in [0.15, 0.2) is 11.3 Å². The monoisotopic (exact) mass is 197 g/mol. The molecule has 1 fully saturated rings. The maximum Gasteiger partial charge on any atom is 0.335 e. The van der Waals surface area contributed by atoms with Gasteiger partial charge in [0, 0.05) is 13.7 Å². The van der Waals surface area contributed by atoms with E-state index < -0.39 is 0 Å². The van der Waals surface area contributed by atoms with E-state index in [2.05, 4.69) is 4.90 Å². The SMILES string of the molecule is CO[C@@H]1CCCN1C1=C(C)C(=O)OC1. The highest BCUT2D eigenvalue weighted by Crippen LogP contribution is 2.27. The van der Waals surface area contributed by atoms with Gasteiger partial charge in [-0.1, -0.05) is 0 Å². The number of esters is 1. The van der Waals surface area contributed by atoms with Crippen LogP contribution in [0.2, 0.25) is 0 Å². The normalized spacial score (nSPS) is 27.4. The standard InChI is InChI=1S/C10H15NO3/c1-7-8(6-14-10(7)12)11-5-3-4-9(11)13-2/h9H,3-6H2,1-2H3/t9-/m1/s1. The number of cyclic esters (lactones) is 1. The summed E-state index contributed by atoms with van der Waals surface area (Å²) in [5.41, 5.74) is 1.73. The van der Waals surface area contributed by atoms with Crippen LogP contribution in [0.1, 0.15) is 19.8 Å². The highest BCUT2D eigenvalue weighted by Gasteiger charge is 2.32. The smallest absolute Gasteiger partial charge is 0.335 e. The first kappa shape index (κ1) is 9.52. The van der Waals surface area contributed by atoms with Crippen LogP contribution in [0.4, 0.5) is 0 Å². The Balaban J connectivity index is 2.18. The van der Waals surface area contributed by atoms with E-state index in [-0.39, 0.29) is 12.2 Å². The molecule has 2 heterocycles. The van der Waals surface area contributed by atoms with Crippen molar-refractivity contribution in [3.8, 4) is 0 Å². The first-order chi connectivity index (χ1) is 6.74. The van der Waals surface area contributed by atoms with Gasteiger partial charge in [0.1, 0.15) is 12.8 Å². The van der Waals surface area contributed by atoms with Crippen LogP contribution in [0, 0.1) is 0 Å². The Morgan fingerprint density at radius 1 is 1.57 bits per heavy atom. The van der Waals surface area contributed by atoms with Crippen molar-refractivity contribution < 1.29 is 14.3 Å². The lowest BCUT2D eigenvalue weighted by molar-refractivity contribution is -0.136. The fourth-order valence-corrected chi connectivity index (χ4v) is 2.06. The summed E-state index contributed by atoms with van der Waals surface area (Å²) in [6.07, 6.45) is 2.26. The summed E-state index contributed by atoms with van der Waals surface area (Å²) in [6.45, 7) is 3.18. The van der Waals surface area contributed by atoms with Crippen LogP contribution < -0.4 is 0 Å². The Kier molecular flexibility index (Phi) is 2.46. The first-order valence-electron chi connectivity index (χ1n) is 4.90. The first-order valence-corrected chi connectivity index (χ1v) is 4.90. The molecule has 1 atom stereocenters. The predicted molar refractivity (Wildman–Crippen MR) is 50.4 cm³/mol. The summed E-state index contributed by atoms with van der Waals surface area (Å²) in [6, 6.07) is 0. The van der Waals surface area contributed by atoms with E-state index in [1.54, 1.807) is 7.11 Å². The van der Waals surface area contributed by atoms with Gasteiger partial charge in [-0.2, -0.15) is 0 Å². The summed E-state index contributed by atoms with van der Waals surface area (Å²) in [5, 5.41) is 0. The number of carbonyl (C=O) groups excluding carboxylic acids is 1. The van der Waals surface area contributed by atoms with Crippen molar-refractivity contribution in [1.29, 1.82) is 0 Å². The van der Waals surface area contributed by atoms with Crippen molar-refractivity contribution in [2.75, 3.05) is 20.3 Å². The molecule has 0 bridgehead atoms. The molecule has 0 saturated carbocycles. The minimum absolute atomic E-state index is 0.120.